The lowest BCUT2D eigenvalue weighted by Crippen LogP contribution is -1.97. The van der Waals surface area contributed by atoms with E-state index in [1.807, 2.05) is 41.8 Å². The number of aromatic nitrogens is 3. The number of fused-ring (bicyclic) bond motifs is 1. The molecule has 1 aromatic carbocycles. The summed E-state index contributed by atoms with van der Waals surface area (Å²) in [5.74, 6) is 2.35. The topological polar surface area (TPSA) is 48.7 Å². The number of imidazole rings is 1. The Hall–Kier alpha value is -2.21. The highest BCUT2D eigenvalue weighted by Crippen LogP contribution is 2.33. The summed E-state index contributed by atoms with van der Waals surface area (Å²) in [6, 6.07) is 7.81. The molecule has 2 aromatic heterocycles. The molecular formula is C17H19N3O2S. The van der Waals surface area contributed by atoms with Crippen molar-refractivity contribution in [2.75, 3.05) is 20.0 Å². The van der Waals surface area contributed by atoms with Gasteiger partial charge in [-0.25, -0.2) is 9.97 Å². The van der Waals surface area contributed by atoms with Crippen LogP contribution in [0.3, 0.4) is 0 Å². The molecule has 0 unspecified atom stereocenters. The molecule has 0 atom stereocenters. The van der Waals surface area contributed by atoms with Crippen LogP contribution < -0.4 is 9.47 Å². The number of nitrogens with zero attached hydrogens (tertiary/aromatic N) is 3. The molecule has 6 heteroatoms. The van der Waals surface area contributed by atoms with Gasteiger partial charge in [0.05, 0.1) is 25.6 Å². The number of ether oxygens (including phenoxy) is 2. The first-order valence-corrected chi connectivity index (χ1v) is 8.36. The molecule has 23 heavy (non-hydrogen) atoms. The Labute approximate surface area is 139 Å². The summed E-state index contributed by atoms with van der Waals surface area (Å²) < 4.78 is 12.7. The van der Waals surface area contributed by atoms with Crippen molar-refractivity contribution in [2.24, 2.45) is 0 Å². The first kappa shape index (κ1) is 15.7. The Morgan fingerprint density at radius 2 is 1.87 bits per heavy atom. The predicted octanol–water partition coefficient (Wildman–Crippen LogP) is 3.83. The lowest BCUT2D eigenvalue weighted by Gasteiger charge is -2.11. The van der Waals surface area contributed by atoms with Gasteiger partial charge in [-0.3, -0.25) is 4.40 Å². The first-order valence-electron chi connectivity index (χ1n) is 7.38. The van der Waals surface area contributed by atoms with Crippen molar-refractivity contribution in [3.05, 3.63) is 36.2 Å². The zero-order valence-corrected chi connectivity index (χ0v) is 14.5. The maximum absolute atomic E-state index is 5.39. The van der Waals surface area contributed by atoms with Crippen molar-refractivity contribution in [1.29, 1.82) is 0 Å². The van der Waals surface area contributed by atoms with E-state index < -0.39 is 0 Å². The molecule has 0 N–H and O–H groups in total. The van der Waals surface area contributed by atoms with E-state index in [0.29, 0.717) is 11.5 Å². The van der Waals surface area contributed by atoms with Crippen LogP contribution in [0.15, 0.2) is 35.6 Å². The van der Waals surface area contributed by atoms with Crippen molar-refractivity contribution < 1.29 is 9.47 Å². The second kappa shape index (κ2) is 6.50. The molecule has 0 spiro atoms. The zero-order valence-electron chi connectivity index (χ0n) is 13.7. The van der Waals surface area contributed by atoms with Crippen molar-refractivity contribution in [2.45, 2.75) is 19.0 Å². The van der Waals surface area contributed by atoms with Gasteiger partial charge in [0.2, 0.25) is 0 Å². The predicted molar refractivity (Wildman–Crippen MR) is 92.7 cm³/mol. The van der Waals surface area contributed by atoms with Gasteiger partial charge in [0.25, 0.3) is 0 Å². The molecule has 5 nitrogen and oxygen atoms in total. The highest BCUT2D eigenvalue weighted by molar-refractivity contribution is 7.99. The van der Waals surface area contributed by atoms with Crippen molar-refractivity contribution in [3.63, 3.8) is 0 Å². The van der Waals surface area contributed by atoms with Crippen LogP contribution in [0, 0.1) is 6.92 Å². The molecule has 120 valence electrons. The Morgan fingerprint density at radius 3 is 2.57 bits per heavy atom. The van der Waals surface area contributed by atoms with E-state index in [-0.39, 0.29) is 0 Å². The van der Waals surface area contributed by atoms with Crippen LogP contribution in [0.4, 0.5) is 0 Å². The summed E-state index contributed by atoms with van der Waals surface area (Å²) in [5.41, 5.74) is 3.73. The summed E-state index contributed by atoms with van der Waals surface area (Å²) in [4.78, 5) is 9.37. The summed E-state index contributed by atoms with van der Waals surface area (Å²) in [5, 5.41) is 0.940. The third-order valence-corrected chi connectivity index (χ3v) is 4.33. The number of methoxy groups -OCH3 is 2. The molecule has 0 aliphatic carbocycles. The average molecular weight is 329 g/mol. The second-order valence-corrected chi connectivity index (χ2v) is 6.27. The van der Waals surface area contributed by atoms with Crippen LogP contribution in [0.25, 0.3) is 16.9 Å². The van der Waals surface area contributed by atoms with Crippen LogP contribution in [0.2, 0.25) is 0 Å². The van der Waals surface area contributed by atoms with Crippen LogP contribution in [0.5, 0.6) is 11.5 Å². The molecule has 0 radical (unpaired) electrons. The fraction of sp³-hybridized carbons (Fsp3) is 0.294. The molecule has 0 fully saturated rings. The van der Waals surface area contributed by atoms with Gasteiger partial charge in [-0.05, 0) is 30.9 Å². The lowest BCUT2D eigenvalue weighted by atomic mass is 10.1. The van der Waals surface area contributed by atoms with E-state index in [1.165, 1.54) is 0 Å². The lowest BCUT2D eigenvalue weighted by molar-refractivity contribution is 0.355. The fourth-order valence-corrected chi connectivity index (χ4v) is 3.16. The summed E-state index contributed by atoms with van der Waals surface area (Å²) in [6.45, 7) is 4.11. The van der Waals surface area contributed by atoms with E-state index in [2.05, 4.69) is 11.9 Å². The van der Waals surface area contributed by atoms with Crippen molar-refractivity contribution in [1.82, 2.24) is 14.4 Å². The number of hydrogen-bond acceptors (Lipinski definition) is 5. The molecule has 3 aromatic rings. The summed E-state index contributed by atoms with van der Waals surface area (Å²) in [6.07, 6.45) is 2.01. The van der Waals surface area contributed by atoms with Gasteiger partial charge in [0, 0.05) is 17.8 Å². The van der Waals surface area contributed by atoms with E-state index in [1.54, 1.807) is 26.0 Å². The van der Waals surface area contributed by atoms with Gasteiger partial charge in [-0.15, -0.1) is 0 Å². The monoisotopic (exact) mass is 329 g/mol. The second-order valence-electron chi connectivity index (χ2n) is 5.04. The Bertz CT molecular complexity index is 845. The summed E-state index contributed by atoms with van der Waals surface area (Å²) >= 11 is 1.70. The molecular weight excluding hydrogens is 310 g/mol. The Balaban J connectivity index is 2.15. The minimum atomic E-state index is 0.691. The maximum atomic E-state index is 5.39. The highest BCUT2D eigenvalue weighted by atomic mass is 32.2. The minimum absolute atomic E-state index is 0.691. The fourth-order valence-electron chi connectivity index (χ4n) is 2.46. The van der Waals surface area contributed by atoms with Gasteiger partial charge < -0.3 is 9.47 Å². The zero-order chi connectivity index (χ0) is 16.4. The molecule has 0 saturated heterocycles. The standard InChI is InChI=1S/C17H19N3O2S/c1-5-23-17-19-13(9-16-18-11(2)10-20(16)17)12-6-7-14(21-3)15(8-12)22-4/h6-10H,5H2,1-4H3. The largest absolute Gasteiger partial charge is 0.493 e. The smallest absolute Gasteiger partial charge is 0.174 e. The molecule has 2 heterocycles. The van der Waals surface area contributed by atoms with E-state index in [4.69, 9.17) is 14.5 Å². The van der Waals surface area contributed by atoms with E-state index >= 15 is 0 Å². The van der Waals surface area contributed by atoms with Gasteiger partial charge >= 0.3 is 0 Å². The SMILES string of the molecule is CCSc1nc(-c2ccc(OC)c(OC)c2)cc2nc(C)cn12. The number of rotatable bonds is 5. The van der Waals surface area contributed by atoms with Crippen LogP contribution >= 0.6 is 11.8 Å². The summed E-state index contributed by atoms with van der Waals surface area (Å²) in [7, 11) is 3.26. The number of benzene rings is 1. The molecule has 3 rings (SSSR count). The minimum Gasteiger partial charge on any atom is -0.493 e. The highest BCUT2D eigenvalue weighted by Gasteiger charge is 2.12. The number of hydrogen-bond donors (Lipinski definition) is 0. The average Bonchev–Trinajstić information content (AvgIpc) is 2.94. The number of aryl methyl sites for hydroxylation is 1. The van der Waals surface area contributed by atoms with Gasteiger partial charge in [0.15, 0.2) is 16.7 Å². The normalized spacial score (nSPS) is 11.0. The van der Waals surface area contributed by atoms with Crippen molar-refractivity contribution in [3.8, 4) is 22.8 Å². The van der Waals surface area contributed by atoms with Gasteiger partial charge in [0.1, 0.15) is 5.65 Å². The molecule has 0 aliphatic heterocycles. The van der Waals surface area contributed by atoms with Crippen LogP contribution in [-0.4, -0.2) is 34.3 Å². The molecule has 0 bridgehead atoms. The van der Waals surface area contributed by atoms with Crippen LogP contribution in [0.1, 0.15) is 12.6 Å². The quantitative estimate of drug-likeness (QED) is 0.526. The van der Waals surface area contributed by atoms with Crippen LogP contribution in [-0.2, 0) is 0 Å². The van der Waals surface area contributed by atoms with E-state index in [0.717, 1.165) is 33.5 Å². The number of thioether (sulfide) groups is 1. The Kier molecular flexibility index (Phi) is 4.43. The van der Waals surface area contributed by atoms with Crippen molar-refractivity contribution >= 4 is 17.4 Å². The van der Waals surface area contributed by atoms with Gasteiger partial charge in [-0.2, -0.15) is 0 Å². The molecule has 0 saturated carbocycles. The van der Waals surface area contributed by atoms with Gasteiger partial charge in [-0.1, -0.05) is 18.7 Å². The third-order valence-electron chi connectivity index (χ3n) is 3.49. The first-order chi connectivity index (χ1) is 11.2. The van der Waals surface area contributed by atoms with E-state index in [9.17, 15) is 0 Å². The molecule has 0 amide bonds. The maximum Gasteiger partial charge on any atom is 0.174 e. The molecule has 0 aliphatic rings. The Morgan fingerprint density at radius 1 is 1.09 bits per heavy atom. The third kappa shape index (κ3) is 2.99.